The molecule has 0 N–H and O–H groups in total. The molecule has 0 aliphatic carbocycles. The lowest BCUT2D eigenvalue weighted by atomic mass is 9.98. The molecular formula is C15H16O3. The number of hydrogen-bond acceptors (Lipinski definition) is 3. The highest BCUT2D eigenvalue weighted by atomic mass is 16.6. The van der Waals surface area contributed by atoms with Gasteiger partial charge in [-0.1, -0.05) is 43.3 Å². The van der Waals surface area contributed by atoms with E-state index in [1.807, 2.05) is 49.4 Å². The van der Waals surface area contributed by atoms with E-state index in [2.05, 4.69) is 0 Å². The van der Waals surface area contributed by atoms with Crippen LogP contribution >= 0.6 is 0 Å². The molecule has 0 bridgehead atoms. The Kier molecular flexibility index (Phi) is 3.82. The molecule has 2 atom stereocenters. The van der Waals surface area contributed by atoms with Crippen molar-refractivity contribution in [1.82, 2.24) is 0 Å². The molecule has 0 fully saturated rings. The molecule has 3 nitrogen and oxygen atoms in total. The van der Waals surface area contributed by atoms with E-state index < -0.39 is 0 Å². The van der Waals surface area contributed by atoms with Gasteiger partial charge in [0.2, 0.25) is 0 Å². The fourth-order valence-electron chi connectivity index (χ4n) is 1.90. The molecule has 0 saturated heterocycles. The Balaban J connectivity index is 2.13. The van der Waals surface area contributed by atoms with Crippen molar-refractivity contribution in [3.05, 3.63) is 53.8 Å². The molecule has 0 aromatic heterocycles. The highest BCUT2D eigenvalue weighted by molar-refractivity contribution is 5.84. The third-order valence-corrected chi connectivity index (χ3v) is 2.97. The molecule has 0 radical (unpaired) electrons. The van der Waals surface area contributed by atoms with Crippen LogP contribution in [0.1, 0.15) is 12.5 Å². The quantitative estimate of drug-likeness (QED) is 0.767. The van der Waals surface area contributed by atoms with Gasteiger partial charge in [-0.25, -0.2) is 4.79 Å². The van der Waals surface area contributed by atoms with E-state index in [4.69, 9.17) is 9.47 Å². The van der Waals surface area contributed by atoms with Crippen molar-refractivity contribution in [3.8, 4) is 0 Å². The van der Waals surface area contributed by atoms with Crippen LogP contribution < -0.4 is 0 Å². The van der Waals surface area contributed by atoms with Crippen molar-refractivity contribution in [2.75, 3.05) is 7.11 Å². The second kappa shape index (κ2) is 5.54. The van der Waals surface area contributed by atoms with Gasteiger partial charge in [0.1, 0.15) is 11.9 Å². The van der Waals surface area contributed by atoms with Gasteiger partial charge in [0.05, 0.1) is 19.1 Å². The van der Waals surface area contributed by atoms with Crippen LogP contribution in [-0.4, -0.2) is 19.2 Å². The van der Waals surface area contributed by atoms with Crippen LogP contribution in [-0.2, 0) is 14.3 Å². The van der Waals surface area contributed by atoms with Crippen LogP contribution in [0.25, 0.3) is 6.08 Å². The summed E-state index contributed by atoms with van der Waals surface area (Å²) >= 11 is 0. The van der Waals surface area contributed by atoms with Crippen LogP contribution in [0.2, 0.25) is 0 Å². The Morgan fingerprint density at radius 2 is 2.00 bits per heavy atom. The highest BCUT2D eigenvalue weighted by Crippen LogP contribution is 2.24. The van der Waals surface area contributed by atoms with Gasteiger partial charge >= 0.3 is 5.97 Å². The number of carbonyl (C=O) groups excluding carboxylic acids is 1. The topological polar surface area (TPSA) is 35.5 Å². The summed E-state index contributed by atoms with van der Waals surface area (Å²) in [5.74, 6) is 0.342. The minimum atomic E-state index is -0.354. The van der Waals surface area contributed by atoms with E-state index in [9.17, 15) is 4.79 Å². The first-order valence-corrected chi connectivity index (χ1v) is 5.90. The average molecular weight is 244 g/mol. The normalized spacial score (nSPS) is 23.7. The Morgan fingerprint density at radius 1 is 1.28 bits per heavy atom. The standard InChI is InChI=1S/C15H16O3/c1-11-13(18-15(16)10-14(11)17-2)9-8-12-6-4-3-5-7-12/h3-11,13H,1-2H3/b9-8+. The first-order chi connectivity index (χ1) is 8.70. The molecule has 1 aliphatic heterocycles. The summed E-state index contributed by atoms with van der Waals surface area (Å²) in [5, 5.41) is 0. The minimum Gasteiger partial charge on any atom is -0.500 e. The van der Waals surface area contributed by atoms with Gasteiger partial charge in [-0.05, 0) is 11.6 Å². The molecule has 3 heteroatoms. The second-order valence-electron chi connectivity index (χ2n) is 4.21. The first kappa shape index (κ1) is 12.4. The lowest BCUT2D eigenvalue weighted by molar-refractivity contribution is -0.145. The molecule has 0 amide bonds. The largest absolute Gasteiger partial charge is 0.500 e. The lowest BCUT2D eigenvalue weighted by Gasteiger charge is -2.26. The molecule has 18 heavy (non-hydrogen) atoms. The number of benzene rings is 1. The number of methoxy groups -OCH3 is 1. The highest BCUT2D eigenvalue weighted by Gasteiger charge is 2.28. The van der Waals surface area contributed by atoms with Gasteiger partial charge in [-0.3, -0.25) is 0 Å². The number of esters is 1. The van der Waals surface area contributed by atoms with Gasteiger partial charge in [-0.15, -0.1) is 0 Å². The van der Waals surface area contributed by atoms with Gasteiger partial charge in [0.15, 0.2) is 0 Å². The van der Waals surface area contributed by atoms with Crippen molar-refractivity contribution in [1.29, 1.82) is 0 Å². The third-order valence-electron chi connectivity index (χ3n) is 2.97. The van der Waals surface area contributed by atoms with Crippen molar-refractivity contribution < 1.29 is 14.3 Å². The van der Waals surface area contributed by atoms with Crippen LogP contribution in [0.15, 0.2) is 48.2 Å². The molecule has 94 valence electrons. The van der Waals surface area contributed by atoms with E-state index in [0.29, 0.717) is 5.76 Å². The van der Waals surface area contributed by atoms with Gasteiger partial charge in [0, 0.05) is 0 Å². The molecule has 2 unspecified atom stereocenters. The molecule has 2 rings (SSSR count). The fourth-order valence-corrected chi connectivity index (χ4v) is 1.90. The maximum atomic E-state index is 11.4. The van der Waals surface area contributed by atoms with E-state index >= 15 is 0 Å². The lowest BCUT2D eigenvalue weighted by Crippen LogP contribution is -2.29. The predicted octanol–water partition coefficient (Wildman–Crippen LogP) is 2.79. The van der Waals surface area contributed by atoms with Crippen molar-refractivity contribution in [3.63, 3.8) is 0 Å². The van der Waals surface area contributed by atoms with E-state index in [1.165, 1.54) is 6.08 Å². The fraction of sp³-hybridized carbons (Fsp3) is 0.267. The average Bonchev–Trinajstić information content (AvgIpc) is 2.40. The van der Waals surface area contributed by atoms with Crippen LogP contribution in [0.3, 0.4) is 0 Å². The summed E-state index contributed by atoms with van der Waals surface area (Å²) in [6.45, 7) is 1.97. The van der Waals surface area contributed by atoms with E-state index in [0.717, 1.165) is 5.56 Å². The molecule has 1 aromatic rings. The van der Waals surface area contributed by atoms with E-state index in [1.54, 1.807) is 7.11 Å². The maximum absolute atomic E-state index is 11.4. The third kappa shape index (κ3) is 2.80. The van der Waals surface area contributed by atoms with Crippen LogP contribution in [0.4, 0.5) is 0 Å². The zero-order valence-electron chi connectivity index (χ0n) is 10.5. The Bertz CT molecular complexity index is 474. The van der Waals surface area contributed by atoms with Crippen molar-refractivity contribution >= 4 is 12.0 Å². The number of hydrogen-bond donors (Lipinski definition) is 0. The molecule has 1 aromatic carbocycles. The molecule has 1 aliphatic rings. The summed E-state index contributed by atoms with van der Waals surface area (Å²) in [5.41, 5.74) is 1.08. The number of cyclic esters (lactones) is 1. The Labute approximate surface area is 107 Å². The predicted molar refractivity (Wildman–Crippen MR) is 69.6 cm³/mol. The zero-order valence-corrected chi connectivity index (χ0v) is 10.5. The van der Waals surface area contributed by atoms with Gasteiger partial charge in [0.25, 0.3) is 0 Å². The maximum Gasteiger partial charge on any atom is 0.334 e. The Hall–Kier alpha value is -2.03. The first-order valence-electron chi connectivity index (χ1n) is 5.90. The van der Waals surface area contributed by atoms with Crippen molar-refractivity contribution in [2.45, 2.75) is 13.0 Å². The molecule has 0 saturated carbocycles. The summed E-state index contributed by atoms with van der Waals surface area (Å²) < 4.78 is 10.5. The Morgan fingerprint density at radius 3 is 2.67 bits per heavy atom. The zero-order chi connectivity index (χ0) is 13.0. The van der Waals surface area contributed by atoms with Gasteiger partial charge in [-0.2, -0.15) is 0 Å². The van der Waals surface area contributed by atoms with Crippen molar-refractivity contribution in [2.24, 2.45) is 5.92 Å². The summed E-state index contributed by atoms with van der Waals surface area (Å²) in [4.78, 5) is 11.4. The van der Waals surface area contributed by atoms with Crippen LogP contribution in [0.5, 0.6) is 0 Å². The smallest absolute Gasteiger partial charge is 0.334 e. The van der Waals surface area contributed by atoms with Crippen LogP contribution in [0, 0.1) is 5.92 Å². The minimum absolute atomic E-state index is 0.0349. The van der Waals surface area contributed by atoms with Gasteiger partial charge < -0.3 is 9.47 Å². The molecule has 1 heterocycles. The number of carbonyl (C=O) groups is 1. The molecular weight excluding hydrogens is 228 g/mol. The molecule has 0 spiro atoms. The summed E-state index contributed by atoms with van der Waals surface area (Å²) in [6.07, 6.45) is 4.96. The summed E-state index contributed by atoms with van der Waals surface area (Å²) in [6, 6.07) is 9.90. The van der Waals surface area contributed by atoms with E-state index in [-0.39, 0.29) is 18.0 Å². The number of ether oxygens (including phenoxy) is 2. The number of rotatable bonds is 3. The SMILES string of the molecule is COC1=CC(=O)OC(/C=C/c2ccccc2)C1C. The monoisotopic (exact) mass is 244 g/mol. The summed E-state index contributed by atoms with van der Waals surface area (Å²) in [7, 11) is 1.57. The second-order valence-corrected chi connectivity index (χ2v) is 4.21.